The van der Waals surface area contributed by atoms with Crippen LogP contribution in [0.15, 0.2) is 6.07 Å². The second-order valence-electron chi connectivity index (χ2n) is 3.84. The smallest absolute Gasteiger partial charge is 0.153 e. The fraction of sp³-hybridized carbons (Fsp3) is 0.556. The van der Waals surface area contributed by atoms with Crippen molar-refractivity contribution in [3.05, 3.63) is 11.9 Å². The van der Waals surface area contributed by atoms with Gasteiger partial charge in [0.25, 0.3) is 0 Å². The molecule has 0 saturated carbocycles. The summed E-state index contributed by atoms with van der Waals surface area (Å²) in [5.41, 5.74) is 5.62. The van der Waals surface area contributed by atoms with Crippen molar-refractivity contribution in [3.63, 3.8) is 0 Å². The molecule has 0 aromatic carbocycles. The molecule has 1 saturated heterocycles. The Morgan fingerprint density at radius 3 is 2.50 bits per heavy atom. The summed E-state index contributed by atoms with van der Waals surface area (Å²) >= 11 is 0. The first-order valence-electron chi connectivity index (χ1n) is 5.03. The van der Waals surface area contributed by atoms with Crippen LogP contribution < -0.4 is 10.6 Å². The molecule has 1 fully saturated rings. The molecule has 1 aromatic heterocycles. The normalized spacial score (nSPS) is 19.7. The first-order valence-corrected chi connectivity index (χ1v) is 6.85. The van der Waals surface area contributed by atoms with Crippen LogP contribution in [0.2, 0.25) is 0 Å². The van der Waals surface area contributed by atoms with Crippen LogP contribution in [-0.4, -0.2) is 43.0 Å². The van der Waals surface area contributed by atoms with Crippen molar-refractivity contribution in [1.29, 1.82) is 0 Å². The van der Waals surface area contributed by atoms with E-state index in [9.17, 15) is 8.42 Å². The molecule has 88 valence electrons. The molecule has 2 N–H and O–H groups in total. The lowest BCUT2D eigenvalue weighted by atomic mass is 10.4. The van der Waals surface area contributed by atoms with Crippen molar-refractivity contribution in [1.82, 2.24) is 9.97 Å². The van der Waals surface area contributed by atoms with E-state index >= 15 is 0 Å². The summed E-state index contributed by atoms with van der Waals surface area (Å²) in [6.45, 7) is 2.71. The first-order chi connectivity index (χ1) is 7.46. The van der Waals surface area contributed by atoms with Crippen LogP contribution in [-0.2, 0) is 9.84 Å². The van der Waals surface area contributed by atoms with Crippen LogP contribution in [0, 0.1) is 6.92 Å². The third kappa shape index (κ3) is 2.41. The number of anilines is 2. The van der Waals surface area contributed by atoms with Gasteiger partial charge in [0, 0.05) is 19.2 Å². The minimum atomic E-state index is -2.86. The summed E-state index contributed by atoms with van der Waals surface area (Å²) < 4.78 is 22.6. The number of nitrogen functional groups attached to an aromatic ring is 1. The highest BCUT2D eigenvalue weighted by Gasteiger charge is 2.22. The van der Waals surface area contributed by atoms with Gasteiger partial charge >= 0.3 is 0 Å². The monoisotopic (exact) mass is 242 g/mol. The molecule has 16 heavy (non-hydrogen) atoms. The van der Waals surface area contributed by atoms with Crippen molar-refractivity contribution in [2.75, 3.05) is 35.2 Å². The maximum Gasteiger partial charge on any atom is 0.153 e. The Hall–Kier alpha value is -1.37. The Morgan fingerprint density at radius 2 is 1.94 bits per heavy atom. The Kier molecular flexibility index (Phi) is 2.71. The second-order valence-corrected chi connectivity index (χ2v) is 6.14. The van der Waals surface area contributed by atoms with Gasteiger partial charge in [-0.15, -0.1) is 0 Å². The summed E-state index contributed by atoms with van der Waals surface area (Å²) in [4.78, 5) is 10.1. The zero-order valence-corrected chi connectivity index (χ0v) is 9.87. The highest BCUT2D eigenvalue weighted by Crippen LogP contribution is 2.16. The van der Waals surface area contributed by atoms with Gasteiger partial charge in [0.15, 0.2) is 9.84 Å². The van der Waals surface area contributed by atoms with Crippen molar-refractivity contribution in [2.45, 2.75) is 6.92 Å². The fourth-order valence-corrected chi connectivity index (χ4v) is 2.88. The minimum Gasteiger partial charge on any atom is -0.384 e. The number of rotatable bonds is 1. The SMILES string of the molecule is Cc1nc(N)cc(N2CCS(=O)(=O)CC2)n1. The molecule has 1 aliphatic rings. The largest absolute Gasteiger partial charge is 0.384 e. The molecule has 6 nitrogen and oxygen atoms in total. The quantitative estimate of drug-likeness (QED) is 0.721. The summed E-state index contributed by atoms with van der Waals surface area (Å²) in [6.07, 6.45) is 0. The van der Waals surface area contributed by atoms with E-state index in [-0.39, 0.29) is 11.5 Å². The van der Waals surface area contributed by atoms with Crippen LogP contribution >= 0.6 is 0 Å². The average Bonchev–Trinajstić information content (AvgIpc) is 2.15. The number of aromatic nitrogens is 2. The van der Waals surface area contributed by atoms with Crippen LogP contribution in [0.25, 0.3) is 0 Å². The molecule has 0 bridgehead atoms. The fourth-order valence-electron chi connectivity index (χ4n) is 1.68. The van der Waals surface area contributed by atoms with Crippen molar-refractivity contribution >= 4 is 21.5 Å². The maximum absolute atomic E-state index is 11.3. The highest BCUT2D eigenvalue weighted by atomic mass is 32.2. The molecule has 2 heterocycles. The average molecular weight is 242 g/mol. The Bertz CT molecular complexity index is 466. The van der Waals surface area contributed by atoms with Crippen LogP contribution in [0.1, 0.15) is 5.82 Å². The van der Waals surface area contributed by atoms with Gasteiger partial charge in [0.05, 0.1) is 11.5 Å². The van der Waals surface area contributed by atoms with E-state index in [0.717, 1.165) is 0 Å². The number of sulfone groups is 1. The van der Waals surface area contributed by atoms with Gasteiger partial charge in [-0.05, 0) is 6.92 Å². The molecular weight excluding hydrogens is 228 g/mol. The van der Waals surface area contributed by atoms with E-state index in [4.69, 9.17) is 5.73 Å². The van der Waals surface area contributed by atoms with E-state index < -0.39 is 9.84 Å². The molecule has 1 aliphatic heterocycles. The van der Waals surface area contributed by atoms with Crippen molar-refractivity contribution in [2.24, 2.45) is 0 Å². The predicted molar refractivity (Wildman–Crippen MR) is 62.0 cm³/mol. The van der Waals surface area contributed by atoms with Crippen LogP contribution in [0.4, 0.5) is 11.6 Å². The summed E-state index contributed by atoms with van der Waals surface area (Å²) in [5.74, 6) is 2.07. The number of nitrogens with zero attached hydrogens (tertiary/aromatic N) is 3. The third-order valence-electron chi connectivity index (χ3n) is 2.51. The van der Waals surface area contributed by atoms with E-state index in [1.807, 2.05) is 4.90 Å². The summed E-state index contributed by atoms with van der Waals surface area (Å²) in [7, 11) is -2.86. The van der Waals surface area contributed by atoms with Gasteiger partial charge in [0.2, 0.25) is 0 Å². The lowest BCUT2D eigenvalue weighted by molar-refractivity contribution is 0.586. The standard InChI is InChI=1S/C9H14N4O2S/c1-7-11-8(10)6-9(12-7)13-2-4-16(14,15)5-3-13/h6H,2-5H2,1H3,(H2,10,11,12). The third-order valence-corrected chi connectivity index (χ3v) is 4.12. The highest BCUT2D eigenvalue weighted by molar-refractivity contribution is 7.91. The van der Waals surface area contributed by atoms with E-state index in [1.54, 1.807) is 13.0 Å². The lowest BCUT2D eigenvalue weighted by Crippen LogP contribution is -2.40. The van der Waals surface area contributed by atoms with Gasteiger partial charge in [-0.3, -0.25) is 0 Å². The first kappa shape index (κ1) is 11.1. The van der Waals surface area contributed by atoms with Gasteiger partial charge in [-0.2, -0.15) is 0 Å². The molecule has 0 radical (unpaired) electrons. The molecule has 2 rings (SSSR count). The van der Waals surface area contributed by atoms with Gasteiger partial charge < -0.3 is 10.6 Å². The Balaban J connectivity index is 2.20. The van der Waals surface area contributed by atoms with Crippen LogP contribution in [0.3, 0.4) is 0 Å². The summed E-state index contributed by atoms with van der Waals surface area (Å²) in [5, 5.41) is 0. The zero-order chi connectivity index (χ0) is 11.8. The lowest BCUT2D eigenvalue weighted by Gasteiger charge is -2.27. The molecule has 0 atom stereocenters. The number of nitrogens with two attached hydrogens (primary N) is 1. The molecule has 0 unspecified atom stereocenters. The maximum atomic E-state index is 11.3. The molecule has 7 heteroatoms. The zero-order valence-electron chi connectivity index (χ0n) is 9.05. The second kappa shape index (κ2) is 3.89. The van der Waals surface area contributed by atoms with Gasteiger partial charge in [-0.25, -0.2) is 18.4 Å². The van der Waals surface area contributed by atoms with E-state index in [1.165, 1.54) is 0 Å². The van der Waals surface area contributed by atoms with Crippen molar-refractivity contribution < 1.29 is 8.42 Å². The van der Waals surface area contributed by atoms with Crippen LogP contribution in [0.5, 0.6) is 0 Å². The summed E-state index contributed by atoms with van der Waals surface area (Å²) in [6, 6.07) is 1.67. The number of hydrogen-bond acceptors (Lipinski definition) is 6. The van der Waals surface area contributed by atoms with Crippen molar-refractivity contribution in [3.8, 4) is 0 Å². The molecular formula is C9H14N4O2S. The number of aryl methyl sites for hydroxylation is 1. The predicted octanol–water partition coefficient (Wildman–Crippen LogP) is -0.398. The van der Waals surface area contributed by atoms with Gasteiger partial charge in [0.1, 0.15) is 17.5 Å². The molecule has 0 aliphatic carbocycles. The molecule has 1 aromatic rings. The Labute approximate surface area is 94.4 Å². The van der Waals surface area contributed by atoms with Gasteiger partial charge in [-0.1, -0.05) is 0 Å². The molecule has 0 spiro atoms. The minimum absolute atomic E-state index is 0.177. The topological polar surface area (TPSA) is 89.2 Å². The van der Waals surface area contributed by atoms with E-state index in [0.29, 0.717) is 30.5 Å². The number of hydrogen-bond donors (Lipinski definition) is 1. The molecule has 0 amide bonds. The van der Waals surface area contributed by atoms with E-state index in [2.05, 4.69) is 9.97 Å². The Morgan fingerprint density at radius 1 is 1.31 bits per heavy atom.